The SMILES string of the molecule is ON1C(/C=C/c2ccccc2)Oc2ccccc2C1c1ccccc1. The number of hydroxylamine groups is 2. The Morgan fingerprint density at radius 2 is 1.44 bits per heavy atom. The number of rotatable bonds is 3. The predicted molar refractivity (Wildman–Crippen MR) is 98.2 cm³/mol. The molecule has 1 N–H and O–H groups in total. The van der Waals surface area contributed by atoms with Crippen LogP contribution in [0, 0.1) is 0 Å². The van der Waals surface area contributed by atoms with Crippen LogP contribution in [0.3, 0.4) is 0 Å². The number of benzene rings is 3. The van der Waals surface area contributed by atoms with Crippen LogP contribution in [0.1, 0.15) is 22.7 Å². The zero-order valence-corrected chi connectivity index (χ0v) is 13.7. The Bertz CT molecular complexity index is 861. The monoisotopic (exact) mass is 329 g/mol. The molecule has 0 spiro atoms. The highest BCUT2D eigenvalue weighted by molar-refractivity contribution is 5.50. The normalized spacial score (nSPS) is 20.2. The van der Waals surface area contributed by atoms with E-state index in [1.807, 2.05) is 97.1 Å². The third-order valence-corrected chi connectivity index (χ3v) is 4.35. The molecule has 2 atom stereocenters. The van der Waals surface area contributed by atoms with E-state index in [0.29, 0.717) is 0 Å². The topological polar surface area (TPSA) is 32.7 Å². The van der Waals surface area contributed by atoms with Crippen molar-refractivity contribution in [1.82, 2.24) is 5.06 Å². The number of nitrogens with zero attached hydrogens (tertiary/aromatic N) is 1. The van der Waals surface area contributed by atoms with Crippen LogP contribution in [0.4, 0.5) is 0 Å². The van der Waals surface area contributed by atoms with Crippen LogP contribution in [-0.2, 0) is 0 Å². The summed E-state index contributed by atoms with van der Waals surface area (Å²) in [4.78, 5) is 0. The minimum Gasteiger partial charge on any atom is -0.469 e. The van der Waals surface area contributed by atoms with Gasteiger partial charge in [0, 0.05) is 5.56 Å². The fourth-order valence-corrected chi connectivity index (χ4v) is 3.14. The zero-order chi connectivity index (χ0) is 17.1. The second kappa shape index (κ2) is 6.93. The number of fused-ring (bicyclic) bond motifs is 1. The fourth-order valence-electron chi connectivity index (χ4n) is 3.14. The van der Waals surface area contributed by atoms with Crippen molar-refractivity contribution in [2.45, 2.75) is 12.3 Å². The molecule has 1 heterocycles. The van der Waals surface area contributed by atoms with E-state index in [2.05, 4.69) is 0 Å². The molecule has 1 aliphatic heterocycles. The number of hydrogen-bond acceptors (Lipinski definition) is 3. The van der Waals surface area contributed by atoms with Gasteiger partial charge in [0.05, 0.1) is 6.04 Å². The maximum atomic E-state index is 10.9. The van der Waals surface area contributed by atoms with Crippen molar-refractivity contribution >= 4 is 6.08 Å². The molecule has 0 saturated carbocycles. The van der Waals surface area contributed by atoms with E-state index in [1.165, 1.54) is 5.06 Å². The van der Waals surface area contributed by atoms with Gasteiger partial charge >= 0.3 is 0 Å². The molecule has 3 aromatic rings. The average molecular weight is 329 g/mol. The molecular weight excluding hydrogens is 310 g/mol. The molecule has 0 aromatic heterocycles. The summed E-state index contributed by atoms with van der Waals surface area (Å²) in [7, 11) is 0. The molecule has 0 fully saturated rings. The van der Waals surface area contributed by atoms with Crippen molar-refractivity contribution in [1.29, 1.82) is 0 Å². The maximum absolute atomic E-state index is 10.9. The Labute approximate surface area is 147 Å². The Morgan fingerprint density at radius 1 is 0.800 bits per heavy atom. The predicted octanol–water partition coefficient (Wildman–Crippen LogP) is 4.90. The molecule has 25 heavy (non-hydrogen) atoms. The first-order chi connectivity index (χ1) is 12.3. The zero-order valence-electron chi connectivity index (χ0n) is 13.7. The molecule has 3 aromatic carbocycles. The molecule has 124 valence electrons. The van der Waals surface area contributed by atoms with Crippen molar-refractivity contribution < 1.29 is 9.94 Å². The van der Waals surface area contributed by atoms with Crippen LogP contribution in [-0.4, -0.2) is 16.5 Å². The van der Waals surface area contributed by atoms with E-state index in [0.717, 1.165) is 22.4 Å². The first-order valence-electron chi connectivity index (χ1n) is 8.34. The van der Waals surface area contributed by atoms with Gasteiger partial charge < -0.3 is 9.94 Å². The Hall–Kier alpha value is -2.88. The highest BCUT2D eigenvalue weighted by atomic mass is 16.6. The van der Waals surface area contributed by atoms with Gasteiger partial charge in [0.2, 0.25) is 0 Å². The molecular formula is C22H19NO2. The Balaban J connectivity index is 1.70. The third-order valence-electron chi connectivity index (χ3n) is 4.35. The highest BCUT2D eigenvalue weighted by Gasteiger charge is 2.34. The van der Waals surface area contributed by atoms with Crippen LogP contribution in [0.2, 0.25) is 0 Å². The second-order valence-electron chi connectivity index (χ2n) is 6.01. The molecule has 4 rings (SSSR count). The molecule has 2 unspecified atom stereocenters. The van der Waals surface area contributed by atoms with Gasteiger partial charge in [-0.05, 0) is 23.3 Å². The van der Waals surface area contributed by atoms with Gasteiger partial charge in [-0.25, -0.2) is 0 Å². The molecule has 0 radical (unpaired) electrons. The van der Waals surface area contributed by atoms with Crippen LogP contribution >= 0.6 is 0 Å². The van der Waals surface area contributed by atoms with E-state index in [9.17, 15) is 5.21 Å². The van der Waals surface area contributed by atoms with Gasteiger partial charge in [-0.3, -0.25) is 0 Å². The fraction of sp³-hybridized carbons (Fsp3) is 0.0909. The largest absolute Gasteiger partial charge is 0.469 e. The lowest BCUT2D eigenvalue weighted by atomic mass is 9.96. The summed E-state index contributed by atoms with van der Waals surface area (Å²) < 4.78 is 6.01. The summed E-state index contributed by atoms with van der Waals surface area (Å²) in [5, 5.41) is 12.1. The van der Waals surface area contributed by atoms with Gasteiger partial charge in [0.1, 0.15) is 5.75 Å². The highest BCUT2D eigenvalue weighted by Crippen LogP contribution is 2.39. The minimum atomic E-state index is -0.555. The van der Waals surface area contributed by atoms with Crippen molar-refractivity contribution in [3.63, 3.8) is 0 Å². The van der Waals surface area contributed by atoms with E-state index < -0.39 is 6.23 Å². The van der Waals surface area contributed by atoms with Gasteiger partial charge in [0.15, 0.2) is 6.23 Å². The van der Waals surface area contributed by atoms with Crippen LogP contribution < -0.4 is 4.74 Å². The lowest BCUT2D eigenvalue weighted by molar-refractivity contribution is -0.199. The van der Waals surface area contributed by atoms with Gasteiger partial charge in [0.25, 0.3) is 0 Å². The summed E-state index contributed by atoms with van der Waals surface area (Å²) in [6.45, 7) is 0. The summed E-state index contributed by atoms with van der Waals surface area (Å²) in [6.07, 6.45) is 3.28. The first kappa shape index (κ1) is 15.6. The molecule has 0 amide bonds. The molecule has 0 saturated heterocycles. The minimum absolute atomic E-state index is 0.267. The Kier molecular flexibility index (Phi) is 4.34. The van der Waals surface area contributed by atoms with Crippen LogP contribution in [0.5, 0.6) is 5.75 Å². The van der Waals surface area contributed by atoms with E-state index >= 15 is 0 Å². The standard InChI is InChI=1S/C22H19NO2/c24-23-21(16-15-17-9-3-1-4-10-17)25-20-14-8-7-13-19(20)22(23)18-11-5-2-6-12-18/h1-16,21-22,24H/b16-15+. The van der Waals surface area contributed by atoms with Gasteiger partial charge in [-0.2, -0.15) is 0 Å². The lowest BCUT2D eigenvalue weighted by Gasteiger charge is -2.37. The molecule has 0 aliphatic carbocycles. The van der Waals surface area contributed by atoms with E-state index in [4.69, 9.17) is 4.74 Å². The van der Waals surface area contributed by atoms with Crippen molar-refractivity contribution in [2.75, 3.05) is 0 Å². The molecule has 1 aliphatic rings. The smallest absolute Gasteiger partial charge is 0.194 e. The van der Waals surface area contributed by atoms with E-state index in [-0.39, 0.29) is 6.04 Å². The van der Waals surface area contributed by atoms with Crippen molar-refractivity contribution in [2.24, 2.45) is 0 Å². The first-order valence-corrected chi connectivity index (χ1v) is 8.34. The Morgan fingerprint density at radius 3 is 2.20 bits per heavy atom. The lowest BCUT2D eigenvalue weighted by Crippen LogP contribution is -2.42. The van der Waals surface area contributed by atoms with Crippen LogP contribution in [0.15, 0.2) is 91.0 Å². The quantitative estimate of drug-likeness (QED) is 0.742. The van der Waals surface area contributed by atoms with Gasteiger partial charge in [-0.15, -0.1) is 5.06 Å². The third kappa shape index (κ3) is 3.20. The van der Waals surface area contributed by atoms with Crippen LogP contribution in [0.25, 0.3) is 6.08 Å². The number of para-hydroxylation sites is 1. The van der Waals surface area contributed by atoms with Gasteiger partial charge in [-0.1, -0.05) is 84.9 Å². The average Bonchev–Trinajstić information content (AvgIpc) is 2.68. The maximum Gasteiger partial charge on any atom is 0.194 e. The second-order valence-corrected chi connectivity index (χ2v) is 6.01. The van der Waals surface area contributed by atoms with Crippen molar-refractivity contribution in [3.8, 4) is 5.75 Å². The number of hydrogen-bond donors (Lipinski definition) is 1. The summed E-state index contributed by atoms with van der Waals surface area (Å²) in [5.41, 5.74) is 3.05. The van der Waals surface area contributed by atoms with Crippen molar-refractivity contribution in [3.05, 3.63) is 108 Å². The summed E-state index contributed by atoms with van der Waals surface area (Å²) in [6, 6.07) is 27.6. The molecule has 0 bridgehead atoms. The van der Waals surface area contributed by atoms with E-state index in [1.54, 1.807) is 0 Å². The summed E-state index contributed by atoms with van der Waals surface area (Å²) >= 11 is 0. The summed E-state index contributed by atoms with van der Waals surface area (Å²) in [5.74, 6) is 0.796. The molecule has 3 nitrogen and oxygen atoms in total. The number of ether oxygens (including phenoxy) is 1. The molecule has 3 heteroatoms.